The van der Waals surface area contributed by atoms with Gasteiger partial charge in [0.2, 0.25) is 0 Å². The first-order valence-corrected chi connectivity index (χ1v) is 13.1. The number of anilines is 1. The second kappa shape index (κ2) is 9.90. The number of rotatable bonds is 11. The molecule has 2 aromatic heterocycles. The smallest absolute Gasteiger partial charge is 0.173 e. The topological polar surface area (TPSA) is 112 Å². The number of unbranched alkanes of at least 4 members (excludes halogenated alkanes) is 2. The normalized spacial score (nSPS) is 12.2. The van der Waals surface area contributed by atoms with E-state index in [0.29, 0.717) is 24.5 Å². The predicted molar refractivity (Wildman–Crippen MR) is 128 cm³/mol. The Balaban J connectivity index is 2.16. The average Bonchev–Trinajstić information content (AvgIpc) is 3.13. The molecule has 7 nitrogen and oxygen atoms in total. The van der Waals surface area contributed by atoms with E-state index in [2.05, 4.69) is 11.9 Å². The highest BCUT2D eigenvalue weighted by atomic mass is 31.2. The van der Waals surface area contributed by atoms with Crippen molar-refractivity contribution < 1.29 is 9.73 Å². The number of imidazole rings is 1. The first-order chi connectivity index (χ1) is 14.5. The van der Waals surface area contributed by atoms with Crippen molar-refractivity contribution >= 4 is 40.5 Å². The molecule has 1 aromatic carbocycles. The minimum Gasteiger partial charge on any atom is -0.412 e. The highest BCUT2D eigenvalue weighted by Crippen LogP contribution is 2.52. The molecule has 0 saturated carbocycles. The Hall–Kier alpha value is -1.95. The molecular weight excluding hydrogens is 397 g/mol. The van der Waals surface area contributed by atoms with Gasteiger partial charge in [0, 0.05) is 17.9 Å². The molecule has 0 atom stereocenters. The van der Waals surface area contributed by atoms with Crippen LogP contribution < -0.4 is 21.6 Å². The summed E-state index contributed by atoms with van der Waals surface area (Å²) in [6, 6.07) is 6.04. The van der Waals surface area contributed by atoms with Crippen LogP contribution in [0.15, 0.2) is 18.2 Å². The van der Waals surface area contributed by atoms with Gasteiger partial charge in [0.25, 0.3) is 0 Å². The Kier molecular flexibility index (Phi) is 7.50. The molecule has 0 spiro atoms. The minimum absolute atomic E-state index is 0.395. The maximum Gasteiger partial charge on any atom is 0.173 e. The van der Waals surface area contributed by atoms with Gasteiger partial charge in [-0.1, -0.05) is 13.3 Å². The summed E-state index contributed by atoms with van der Waals surface area (Å²) in [6.07, 6.45) is 6.21. The van der Waals surface area contributed by atoms with E-state index in [9.17, 15) is 4.89 Å². The molecule has 5 N–H and O–H groups in total. The number of aryl methyl sites for hydroxylation is 1. The third kappa shape index (κ3) is 4.39. The third-order valence-corrected chi connectivity index (χ3v) is 9.05. The number of fused-ring (bicyclic) bond motifs is 3. The van der Waals surface area contributed by atoms with Crippen molar-refractivity contribution in [3.05, 3.63) is 24.0 Å². The van der Waals surface area contributed by atoms with Gasteiger partial charge in [-0.25, -0.2) is 14.9 Å². The van der Waals surface area contributed by atoms with Crippen LogP contribution in [0.2, 0.25) is 0 Å². The lowest BCUT2D eigenvalue weighted by atomic mass is 10.2. The van der Waals surface area contributed by atoms with Crippen molar-refractivity contribution in [1.82, 2.24) is 14.7 Å². The van der Waals surface area contributed by atoms with E-state index in [0.717, 1.165) is 72.0 Å². The highest BCUT2D eigenvalue weighted by molar-refractivity contribution is 7.77. The number of pyridine rings is 1. The summed E-state index contributed by atoms with van der Waals surface area (Å²) in [4.78, 5) is 26.6. The van der Waals surface area contributed by atoms with Crippen molar-refractivity contribution in [2.24, 2.45) is 5.73 Å². The van der Waals surface area contributed by atoms with Crippen LogP contribution in [-0.4, -0.2) is 45.1 Å². The summed E-state index contributed by atoms with van der Waals surface area (Å²) in [7, 11) is -2.16. The number of nitrogen functional groups attached to an aromatic ring is 1. The van der Waals surface area contributed by atoms with Gasteiger partial charge in [0.1, 0.15) is 28.8 Å². The highest BCUT2D eigenvalue weighted by Gasteiger charge is 2.34. The number of hydrogen-bond acceptors (Lipinski definition) is 6. The number of nitrogens with two attached hydrogens (primary N) is 2. The first kappa shape index (κ1) is 22.7. The van der Waals surface area contributed by atoms with Gasteiger partial charge >= 0.3 is 0 Å². The van der Waals surface area contributed by atoms with Gasteiger partial charge in [-0.3, -0.25) is 0 Å². The maximum absolute atomic E-state index is 11.1. The Morgan fingerprint density at radius 1 is 1.10 bits per heavy atom. The van der Waals surface area contributed by atoms with Crippen LogP contribution in [0.1, 0.15) is 52.3 Å². The fraction of sp³-hybridized carbons (Fsp3) is 0.545. The average molecular weight is 433 g/mol. The Bertz CT molecular complexity index is 1000. The molecule has 3 aromatic rings. The molecule has 0 unspecified atom stereocenters. The zero-order valence-corrected chi connectivity index (χ0v) is 19.3. The Labute approximate surface area is 179 Å². The van der Waals surface area contributed by atoms with E-state index in [-0.39, 0.29) is 0 Å². The quantitative estimate of drug-likeness (QED) is 0.317. The van der Waals surface area contributed by atoms with Gasteiger partial charge in [0.05, 0.1) is 17.8 Å². The molecule has 3 rings (SSSR count). The summed E-state index contributed by atoms with van der Waals surface area (Å²) in [5.74, 6) is 1.27. The molecule has 8 heteroatoms. The molecule has 0 aliphatic rings. The zero-order valence-electron chi connectivity index (χ0n) is 18.4. The van der Waals surface area contributed by atoms with E-state index in [4.69, 9.17) is 21.3 Å². The second-order valence-electron chi connectivity index (χ2n) is 7.71. The summed E-state index contributed by atoms with van der Waals surface area (Å²) >= 11 is 0. The van der Waals surface area contributed by atoms with Crippen LogP contribution in [0, 0.1) is 0 Å². The van der Waals surface area contributed by atoms with Gasteiger partial charge in [-0.15, -0.1) is 0 Å². The monoisotopic (exact) mass is 432 g/mol. The van der Waals surface area contributed by atoms with Crippen LogP contribution in [0.5, 0.6) is 0 Å². The summed E-state index contributed by atoms with van der Waals surface area (Å²) in [6.45, 7) is 7.46. The van der Waals surface area contributed by atoms with Crippen LogP contribution in [-0.2, 0) is 6.42 Å². The molecule has 0 aliphatic heterocycles. The number of benzene rings is 1. The van der Waals surface area contributed by atoms with Crippen molar-refractivity contribution in [2.45, 2.75) is 52.9 Å². The summed E-state index contributed by atoms with van der Waals surface area (Å²) in [5.41, 5.74) is 14.3. The standard InChI is InChI=1S/C22H35N5O2P/c1-4-7-10-19-26-20-21(27(19)29-14-9-8-13-23)17-12-11-16(30(28,5-2)6-3)15-18(17)25-22(20)24/h11-12,15,28H,4-10,13-14,23H2,1-3H3,(H2,24,25)/q+1. The Morgan fingerprint density at radius 2 is 1.87 bits per heavy atom. The predicted octanol–water partition coefficient (Wildman–Crippen LogP) is 3.27. The Morgan fingerprint density at radius 3 is 2.53 bits per heavy atom. The van der Waals surface area contributed by atoms with E-state index in [1.165, 1.54) is 0 Å². The third-order valence-electron chi connectivity index (χ3n) is 5.72. The van der Waals surface area contributed by atoms with Crippen molar-refractivity contribution in [2.75, 3.05) is 31.2 Å². The molecule has 0 aliphatic carbocycles. The molecule has 164 valence electrons. The van der Waals surface area contributed by atoms with Crippen LogP contribution in [0.25, 0.3) is 21.9 Å². The first-order valence-electron chi connectivity index (χ1n) is 11.0. The second-order valence-corrected chi connectivity index (χ2v) is 11.3. The number of aromatic nitrogens is 3. The molecule has 0 fully saturated rings. The van der Waals surface area contributed by atoms with E-state index in [1.807, 2.05) is 36.8 Å². The van der Waals surface area contributed by atoms with E-state index in [1.54, 1.807) is 0 Å². The molecule has 0 saturated heterocycles. The lowest BCUT2D eigenvalue weighted by molar-refractivity contribution is 0.109. The van der Waals surface area contributed by atoms with Gasteiger partial charge in [-0.05, 0) is 51.8 Å². The summed E-state index contributed by atoms with van der Waals surface area (Å²) in [5, 5.41) is 1.91. The molecule has 0 amide bonds. The van der Waals surface area contributed by atoms with Crippen molar-refractivity contribution in [1.29, 1.82) is 0 Å². The molecular formula is C22H35N5O2P+. The lowest BCUT2D eigenvalue weighted by Gasteiger charge is -2.17. The van der Waals surface area contributed by atoms with Crippen molar-refractivity contribution in [3.8, 4) is 0 Å². The van der Waals surface area contributed by atoms with Crippen molar-refractivity contribution in [3.63, 3.8) is 0 Å². The minimum atomic E-state index is -2.16. The fourth-order valence-corrected chi connectivity index (χ4v) is 5.64. The van der Waals surface area contributed by atoms with Crippen LogP contribution in [0.3, 0.4) is 0 Å². The molecule has 0 bridgehead atoms. The van der Waals surface area contributed by atoms with Gasteiger partial charge in [0.15, 0.2) is 13.3 Å². The van der Waals surface area contributed by atoms with Gasteiger partial charge in [-0.2, -0.15) is 4.73 Å². The van der Waals surface area contributed by atoms with Crippen LogP contribution in [0.4, 0.5) is 5.82 Å². The van der Waals surface area contributed by atoms with E-state index >= 15 is 0 Å². The van der Waals surface area contributed by atoms with E-state index < -0.39 is 7.49 Å². The fourth-order valence-electron chi connectivity index (χ4n) is 3.74. The number of nitrogens with zero attached hydrogens (tertiary/aromatic N) is 3. The largest absolute Gasteiger partial charge is 0.412 e. The SMILES string of the molecule is CCCCc1nc2c(N)nc3cc([P+](O)(CC)CC)ccc3c2n1OCCCCN. The maximum atomic E-state index is 11.1. The molecule has 2 heterocycles. The van der Waals surface area contributed by atoms with Gasteiger partial charge < -0.3 is 16.3 Å². The number of hydrogen-bond donors (Lipinski definition) is 3. The summed E-state index contributed by atoms with van der Waals surface area (Å²) < 4.78 is 1.85. The zero-order chi connectivity index (χ0) is 21.7. The molecule has 30 heavy (non-hydrogen) atoms. The lowest BCUT2D eigenvalue weighted by Crippen LogP contribution is -2.17. The molecule has 0 radical (unpaired) electrons. The van der Waals surface area contributed by atoms with Crippen LogP contribution >= 0.6 is 7.49 Å².